The summed E-state index contributed by atoms with van der Waals surface area (Å²) >= 11 is 13.8. The van der Waals surface area contributed by atoms with Gasteiger partial charge >= 0.3 is 34.8 Å². The summed E-state index contributed by atoms with van der Waals surface area (Å²) in [5.41, 5.74) is 0. The molecule has 7 heteroatoms. The van der Waals surface area contributed by atoms with Gasteiger partial charge in [0.1, 0.15) is 0 Å². The molecule has 0 bridgehead atoms. The van der Waals surface area contributed by atoms with E-state index in [0.29, 0.717) is 0 Å². The molecule has 0 spiro atoms. The maximum Gasteiger partial charge on any atom is 1.00 e. The molecule has 0 atom stereocenters. The Balaban J connectivity index is -0.0000000800. The SMILES string of the molecule is O=P(Cl)(Cl)Cl.[BH4-].[Na+]. The molecule has 0 unspecified atom stereocenters. The van der Waals surface area contributed by atoms with Crippen LogP contribution in [0.25, 0.3) is 0 Å². The predicted molar refractivity (Wildman–Crippen MR) is 36.5 cm³/mol. The molecule has 0 aromatic heterocycles. The molecule has 0 radical (unpaired) electrons. The van der Waals surface area contributed by atoms with Crippen LogP contribution in [0.5, 0.6) is 0 Å². The van der Waals surface area contributed by atoms with Crippen LogP contribution in [0, 0.1) is 0 Å². The van der Waals surface area contributed by atoms with Crippen LogP contribution in [0.2, 0.25) is 0 Å². The molecule has 0 saturated carbocycles. The smallest absolute Gasteiger partial charge is 0.271 e. The summed E-state index contributed by atoms with van der Waals surface area (Å²) in [5.74, 6) is 0. The first kappa shape index (κ1) is 16.1. The van der Waals surface area contributed by atoms with Crippen molar-refractivity contribution in [3.8, 4) is 0 Å². The van der Waals surface area contributed by atoms with Crippen LogP contribution in [-0.4, -0.2) is 8.41 Å². The second kappa shape index (κ2) is 6.29. The Morgan fingerprint density at radius 3 is 1.14 bits per heavy atom. The van der Waals surface area contributed by atoms with Gasteiger partial charge in [0.05, 0.1) is 0 Å². The second-order valence-corrected chi connectivity index (χ2v) is 7.04. The Hall–Kier alpha value is 2.16. The Bertz CT molecular complexity index is 61.1. The molecule has 0 amide bonds. The molecule has 0 aromatic carbocycles. The van der Waals surface area contributed by atoms with Crippen molar-refractivity contribution in [3.05, 3.63) is 0 Å². The van der Waals surface area contributed by atoms with Crippen LogP contribution in [-0.2, 0) is 4.57 Å². The average Bonchev–Trinajstić information content (AvgIpc) is 0.722. The topological polar surface area (TPSA) is 17.1 Å². The number of hydrogen-bond donors (Lipinski definition) is 0. The third kappa shape index (κ3) is 66.2. The van der Waals surface area contributed by atoms with Crippen LogP contribution < -0.4 is 29.6 Å². The van der Waals surface area contributed by atoms with Crippen LogP contribution in [0.1, 0.15) is 0 Å². The van der Waals surface area contributed by atoms with Gasteiger partial charge in [-0.2, -0.15) is 0 Å². The molecule has 0 aromatic rings. The van der Waals surface area contributed by atoms with Gasteiger partial charge in [-0.05, 0) is 33.7 Å². The fraction of sp³-hybridized carbons (Fsp3) is 0. The quantitative estimate of drug-likeness (QED) is 0.331. The van der Waals surface area contributed by atoms with Crippen LogP contribution in [0.4, 0.5) is 0 Å². The molecule has 40 valence electrons. The Morgan fingerprint density at radius 1 is 1.14 bits per heavy atom. The summed E-state index contributed by atoms with van der Waals surface area (Å²) in [7, 11) is 0. The zero-order chi connectivity index (χ0) is 4.50. The largest absolute Gasteiger partial charge is 1.00 e. The van der Waals surface area contributed by atoms with E-state index in [1.165, 1.54) is 0 Å². The van der Waals surface area contributed by atoms with Gasteiger partial charge in [-0.1, -0.05) is 8.41 Å². The zero-order valence-corrected chi connectivity index (χ0v) is 8.15. The first-order valence-electron chi connectivity index (χ1n) is 0.690. The van der Waals surface area contributed by atoms with Gasteiger partial charge in [-0.15, -0.1) is 0 Å². The van der Waals surface area contributed by atoms with Gasteiger partial charge in [0.15, 0.2) is 0 Å². The summed E-state index contributed by atoms with van der Waals surface area (Å²) in [5, 5.41) is -3.22. The minimum atomic E-state index is -3.22. The molecule has 1 nitrogen and oxygen atoms in total. The van der Waals surface area contributed by atoms with E-state index in [0.717, 1.165) is 0 Å². The number of hydrogen-bond acceptors (Lipinski definition) is 1. The molecule has 0 aliphatic carbocycles. The van der Waals surface area contributed by atoms with E-state index in [9.17, 15) is 4.57 Å². The zero-order valence-electron chi connectivity index (χ0n) is 2.99. The summed E-state index contributed by atoms with van der Waals surface area (Å²) in [6, 6.07) is 0. The summed E-state index contributed by atoms with van der Waals surface area (Å²) < 4.78 is 9.51. The second-order valence-electron chi connectivity index (χ2n) is 0.399. The van der Waals surface area contributed by atoms with E-state index in [-0.39, 0.29) is 38.0 Å². The molecule has 0 aliphatic rings. The van der Waals surface area contributed by atoms with Gasteiger partial charge in [0, 0.05) is 0 Å². The normalized spacial score (nSPS) is 8.43. The van der Waals surface area contributed by atoms with E-state index in [1.54, 1.807) is 0 Å². The van der Waals surface area contributed by atoms with Crippen molar-refractivity contribution < 1.29 is 34.1 Å². The maximum atomic E-state index is 9.51. The molecule has 0 saturated heterocycles. The molecular formula is H4BCl3NaOP. The van der Waals surface area contributed by atoms with Crippen molar-refractivity contribution in [1.29, 1.82) is 0 Å². The van der Waals surface area contributed by atoms with E-state index in [1.807, 2.05) is 0 Å². The summed E-state index contributed by atoms with van der Waals surface area (Å²) in [6.45, 7) is 0. The van der Waals surface area contributed by atoms with Crippen molar-refractivity contribution in [2.75, 3.05) is 0 Å². The monoisotopic (exact) mass is 190 g/mol. The van der Waals surface area contributed by atoms with Crippen LogP contribution in [0.15, 0.2) is 0 Å². The number of rotatable bonds is 0. The van der Waals surface area contributed by atoms with Gasteiger partial charge in [0.25, 0.3) is 0 Å². The van der Waals surface area contributed by atoms with E-state index < -0.39 is 5.20 Å². The average molecular weight is 191 g/mol. The third-order valence-corrected chi connectivity index (χ3v) is 0. The van der Waals surface area contributed by atoms with Gasteiger partial charge in [-0.3, -0.25) is 4.57 Å². The minimum Gasteiger partial charge on any atom is -0.271 e. The van der Waals surface area contributed by atoms with Crippen LogP contribution in [0.3, 0.4) is 0 Å². The molecule has 0 rings (SSSR count). The maximum absolute atomic E-state index is 9.51. The fourth-order valence-corrected chi connectivity index (χ4v) is 0. The van der Waals surface area contributed by atoms with E-state index in [4.69, 9.17) is 0 Å². The fourth-order valence-electron chi connectivity index (χ4n) is 0. The van der Waals surface area contributed by atoms with Crippen molar-refractivity contribution in [3.63, 3.8) is 0 Å². The van der Waals surface area contributed by atoms with E-state index >= 15 is 0 Å². The molecule has 0 fully saturated rings. The Kier molecular flexibility index (Phi) is 14.4. The van der Waals surface area contributed by atoms with Gasteiger partial charge < -0.3 is 0 Å². The van der Waals surface area contributed by atoms with Crippen molar-refractivity contribution in [2.24, 2.45) is 0 Å². The first-order chi connectivity index (χ1) is 2.00. The Morgan fingerprint density at radius 2 is 1.14 bits per heavy atom. The summed E-state index contributed by atoms with van der Waals surface area (Å²) in [4.78, 5) is 0. The number of halogens is 3. The first-order valence-corrected chi connectivity index (χ1v) is 5.11. The van der Waals surface area contributed by atoms with Crippen molar-refractivity contribution in [1.82, 2.24) is 0 Å². The molecule has 0 N–H and O–H groups in total. The standard InChI is InChI=1S/BH4.Cl3OP.Na/c;1-5(2,3)4;/h1H4;;/q-1;;+1. The molecular weight excluding hydrogens is 187 g/mol. The predicted octanol–water partition coefficient (Wildman–Crippen LogP) is -1.64. The Labute approximate surface area is 80.7 Å². The van der Waals surface area contributed by atoms with Crippen LogP contribution >= 0.6 is 38.9 Å². The summed E-state index contributed by atoms with van der Waals surface area (Å²) in [6.07, 6.45) is 0. The van der Waals surface area contributed by atoms with Gasteiger partial charge in [0.2, 0.25) is 0 Å². The molecule has 7 heavy (non-hydrogen) atoms. The minimum absolute atomic E-state index is 0. The van der Waals surface area contributed by atoms with Crippen molar-refractivity contribution >= 4 is 47.3 Å². The van der Waals surface area contributed by atoms with Crippen molar-refractivity contribution in [2.45, 2.75) is 0 Å². The molecule has 0 aliphatic heterocycles. The van der Waals surface area contributed by atoms with Gasteiger partial charge in [-0.25, -0.2) is 0 Å². The molecule has 0 heterocycles. The van der Waals surface area contributed by atoms with E-state index in [2.05, 4.69) is 33.7 Å². The third-order valence-electron chi connectivity index (χ3n) is 0.